The Hall–Kier alpha value is -2.21. The summed E-state index contributed by atoms with van der Waals surface area (Å²) in [6.07, 6.45) is 1.74. The molecule has 3 aromatic rings. The molecule has 0 aliphatic rings. The lowest BCUT2D eigenvalue weighted by Crippen LogP contribution is -1.90. The molecule has 3 rings (SSSR count). The van der Waals surface area contributed by atoms with Crippen molar-refractivity contribution >= 4 is 11.8 Å². The molecule has 0 aliphatic carbocycles. The summed E-state index contributed by atoms with van der Waals surface area (Å²) in [6, 6.07) is 10.6. The van der Waals surface area contributed by atoms with Gasteiger partial charge in [0.15, 0.2) is 0 Å². The maximum atomic E-state index is 13.6. The summed E-state index contributed by atoms with van der Waals surface area (Å²) >= 11 is 1.53. The van der Waals surface area contributed by atoms with Crippen molar-refractivity contribution in [1.82, 2.24) is 15.1 Å². The summed E-state index contributed by atoms with van der Waals surface area (Å²) in [5.41, 5.74) is 1.19. The molecule has 0 amide bonds. The van der Waals surface area contributed by atoms with Crippen molar-refractivity contribution in [2.24, 2.45) is 0 Å². The molecule has 0 saturated carbocycles. The highest BCUT2D eigenvalue weighted by Crippen LogP contribution is 2.33. The maximum absolute atomic E-state index is 13.6. The number of pyridine rings is 1. The second kappa shape index (κ2) is 6.27. The summed E-state index contributed by atoms with van der Waals surface area (Å²) in [5, 5.41) is 4.78. The van der Waals surface area contributed by atoms with E-state index in [1.54, 1.807) is 25.3 Å². The van der Waals surface area contributed by atoms with Gasteiger partial charge in [0.05, 0.1) is 10.3 Å². The number of halogens is 1. The smallest absolute Gasteiger partial charge is 0.240 e. The number of hydrogen-bond acceptors (Lipinski definition) is 5. The number of benzene rings is 1. The highest BCUT2D eigenvalue weighted by atomic mass is 32.2. The lowest BCUT2D eigenvalue weighted by atomic mass is 10.1. The second-order valence-corrected chi connectivity index (χ2v) is 6.21. The number of aryl methyl sites for hydroxylation is 1. The molecule has 0 N–H and O–H groups in total. The van der Waals surface area contributed by atoms with Crippen LogP contribution in [0.15, 0.2) is 52.1 Å². The van der Waals surface area contributed by atoms with Crippen molar-refractivity contribution in [3.63, 3.8) is 0 Å². The zero-order valence-electron chi connectivity index (χ0n) is 12.2. The van der Waals surface area contributed by atoms with Gasteiger partial charge in [-0.2, -0.15) is 4.98 Å². The zero-order valence-corrected chi connectivity index (χ0v) is 13.0. The van der Waals surface area contributed by atoms with Gasteiger partial charge >= 0.3 is 0 Å². The van der Waals surface area contributed by atoms with Crippen LogP contribution < -0.4 is 0 Å². The monoisotopic (exact) mass is 315 g/mol. The van der Waals surface area contributed by atoms with Crippen LogP contribution in [0.1, 0.15) is 23.6 Å². The first kappa shape index (κ1) is 14.7. The molecular weight excluding hydrogens is 301 g/mol. The standard InChI is InChI=1S/C16H14FN3OS/c1-10-6-7-12(9-13(10)17)15-19-16(21-20-15)11(2)22-14-5-3-4-8-18-14/h3-9,11H,1-2H3. The van der Waals surface area contributed by atoms with Gasteiger partial charge in [-0.25, -0.2) is 9.37 Å². The van der Waals surface area contributed by atoms with Crippen molar-refractivity contribution in [2.75, 3.05) is 0 Å². The molecule has 1 unspecified atom stereocenters. The Morgan fingerprint density at radius 1 is 1.23 bits per heavy atom. The molecule has 2 aromatic heterocycles. The molecule has 0 saturated heterocycles. The fourth-order valence-electron chi connectivity index (χ4n) is 1.90. The van der Waals surface area contributed by atoms with Crippen molar-refractivity contribution in [2.45, 2.75) is 24.1 Å². The van der Waals surface area contributed by atoms with Crippen LogP contribution in [0.4, 0.5) is 4.39 Å². The average molecular weight is 315 g/mol. The third-order valence-corrected chi connectivity index (χ3v) is 4.19. The Balaban J connectivity index is 1.79. The average Bonchev–Trinajstić information content (AvgIpc) is 3.01. The van der Waals surface area contributed by atoms with Gasteiger partial charge in [0.1, 0.15) is 5.82 Å². The molecule has 0 bridgehead atoms. The van der Waals surface area contributed by atoms with E-state index < -0.39 is 0 Å². The van der Waals surface area contributed by atoms with Crippen LogP contribution in [0.3, 0.4) is 0 Å². The van der Waals surface area contributed by atoms with Crippen LogP contribution >= 0.6 is 11.8 Å². The van der Waals surface area contributed by atoms with Crippen LogP contribution in [0.25, 0.3) is 11.4 Å². The van der Waals surface area contributed by atoms with Crippen LogP contribution in [-0.4, -0.2) is 15.1 Å². The van der Waals surface area contributed by atoms with Crippen molar-refractivity contribution in [1.29, 1.82) is 0 Å². The molecular formula is C16H14FN3OS. The van der Waals surface area contributed by atoms with Gasteiger partial charge in [-0.1, -0.05) is 35.1 Å². The van der Waals surface area contributed by atoms with E-state index in [-0.39, 0.29) is 11.1 Å². The van der Waals surface area contributed by atoms with Crippen molar-refractivity contribution < 1.29 is 8.91 Å². The number of rotatable bonds is 4. The Bertz CT molecular complexity index is 776. The Kier molecular flexibility index (Phi) is 4.20. The number of nitrogens with zero attached hydrogens (tertiary/aromatic N) is 3. The first-order valence-corrected chi connectivity index (χ1v) is 7.69. The van der Waals surface area contributed by atoms with Gasteiger partial charge in [-0.3, -0.25) is 0 Å². The molecule has 112 valence electrons. The quantitative estimate of drug-likeness (QED) is 0.667. The topological polar surface area (TPSA) is 51.8 Å². The van der Waals surface area contributed by atoms with E-state index in [1.807, 2.05) is 25.1 Å². The number of aromatic nitrogens is 3. The maximum Gasteiger partial charge on any atom is 0.240 e. The third kappa shape index (κ3) is 3.17. The molecule has 4 nitrogen and oxygen atoms in total. The van der Waals surface area contributed by atoms with Gasteiger partial charge in [0.2, 0.25) is 11.7 Å². The summed E-state index contributed by atoms with van der Waals surface area (Å²) in [5.74, 6) is 0.605. The largest absolute Gasteiger partial charge is 0.338 e. The van der Waals surface area contributed by atoms with E-state index >= 15 is 0 Å². The van der Waals surface area contributed by atoms with Crippen LogP contribution in [-0.2, 0) is 0 Å². The predicted octanol–water partition coefficient (Wildman–Crippen LogP) is 4.43. The zero-order chi connectivity index (χ0) is 15.5. The fraction of sp³-hybridized carbons (Fsp3) is 0.188. The Morgan fingerprint density at radius 2 is 2.09 bits per heavy atom. The summed E-state index contributed by atoms with van der Waals surface area (Å²) in [6.45, 7) is 3.68. The predicted molar refractivity (Wildman–Crippen MR) is 82.9 cm³/mol. The first-order valence-electron chi connectivity index (χ1n) is 6.81. The Labute approximate surface area is 131 Å². The van der Waals surface area contributed by atoms with Gasteiger partial charge in [0.25, 0.3) is 0 Å². The minimum absolute atomic E-state index is 0.0357. The van der Waals surface area contributed by atoms with Crippen LogP contribution in [0, 0.1) is 12.7 Å². The van der Waals surface area contributed by atoms with E-state index in [2.05, 4.69) is 15.1 Å². The highest BCUT2D eigenvalue weighted by Gasteiger charge is 2.17. The molecule has 22 heavy (non-hydrogen) atoms. The Morgan fingerprint density at radius 3 is 2.82 bits per heavy atom. The molecule has 0 aliphatic heterocycles. The minimum atomic E-state index is -0.278. The molecule has 1 aromatic carbocycles. The van der Waals surface area contributed by atoms with E-state index in [9.17, 15) is 4.39 Å². The lowest BCUT2D eigenvalue weighted by Gasteiger charge is -2.04. The molecule has 2 heterocycles. The van der Waals surface area contributed by atoms with E-state index in [0.717, 1.165) is 5.03 Å². The van der Waals surface area contributed by atoms with Gasteiger partial charge in [0, 0.05) is 11.8 Å². The van der Waals surface area contributed by atoms with Crippen molar-refractivity contribution in [3.05, 3.63) is 59.9 Å². The summed E-state index contributed by atoms with van der Waals surface area (Å²) in [7, 11) is 0. The van der Waals surface area contributed by atoms with Gasteiger partial charge in [-0.05, 0) is 37.6 Å². The number of hydrogen-bond donors (Lipinski definition) is 0. The summed E-state index contributed by atoms with van der Waals surface area (Å²) < 4.78 is 18.9. The first-order chi connectivity index (χ1) is 10.6. The molecule has 0 radical (unpaired) electrons. The van der Waals surface area contributed by atoms with E-state index in [0.29, 0.717) is 22.8 Å². The van der Waals surface area contributed by atoms with Crippen LogP contribution in [0.5, 0.6) is 0 Å². The molecule has 0 fully saturated rings. The molecule has 6 heteroatoms. The lowest BCUT2D eigenvalue weighted by molar-refractivity contribution is 0.380. The second-order valence-electron chi connectivity index (χ2n) is 4.85. The minimum Gasteiger partial charge on any atom is -0.338 e. The highest BCUT2D eigenvalue weighted by molar-refractivity contribution is 7.99. The van der Waals surface area contributed by atoms with Gasteiger partial charge in [-0.15, -0.1) is 0 Å². The van der Waals surface area contributed by atoms with E-state index in [4.69, 9.17) is 4.52 Å². The summed E-state index contributed by atoms with van der Waals surface area (Å²) in [4.78, 5) is 8.61. The molecule has 0 spiro atoms. The number of thioether (sulfide) groups is 1. The molecule has 1 atom stereocenters. The van der Waals surface area contributed by atoms with Crippen LogP contribution in [0.2, 0.25) is 0 Å². The van der Waals surface area contributed by atoms with Crippen molar-refractivity contribution in [3.8, 4) is 11.4 Å². The fourth-order valence-corrected chi connectivity index (χ4v) is 2.74. The third-order valence-electron chi connectivity index (χ3n) is 3.15. The normalized spacial score (nSPS) is 12.3. The van der Waals surface area contributed by atoms with E-state index in [1.165, 1.54) is 17.8 Å². The SMILES string of the molecule is Cc1ccc(-c2noc(C(C)Sc3ccccn3)n2)cc1F. The van der Waals surface area contributed by atoms with Gasteiger partial charge < -0.3 is 4.52 Å².